The number of aromatic nitrogens is 2. The molecule has 2 aliphatic heterocycles. The third kappa shape index (κ3) is 3.41. The largest absolute Gasteiger partial charge is 0.369 e. The Morgan fingerprint density at radius 2 is 1.96 bits per heavy atom. The van der Waals surface area contributed by atoms with E-state index < -0.39 is 0 Å². The summed E-state index contributed by atoms with van der Waals surface area (Å²) >= 11 is 0. The third-order valence-corrected chi connectivity index (χ3v) is 6.33. The Morgan fingerprint density at radius 3 is 2.69 bits per heavy atom. The fourth-order valence-electron chi connectivity index (χ4n) is 4.76. The van der Waals surface area contributed by atoms with Crippen LogP contribution in [0.25, 0.3) is 0 Å². The molecular weight excluding hydrogens is 328 g/mol. The van der Waals surface area contributed by atoms with Crippen LogP contribution >= 0.6 is 0 Å². The van der Waals surface area contributed by atoms with Gasteiger partial charge in [0, 0.05) is 45.2 Å². The lowest BCUT2D eigenvalue weighted by Crippen LogP contribution is -2.38. The number of amides is 1. The smallest absolute Gasteiger partial charge is 0.274 e. The first-order chi connectivity index (χ1) is 12.5. The Kier molecular flexibility index (Phi) is 5.06. The van der Waals surface area contributed by atoms with Crippen LogP contribution in [0.4, 0.5) is 0 Å². The van der Waals surface area contributed by atoms with E-state index in [-0.39, 0.29) is 18.1 Å². The van der Waals surface area contributed by atoms with E-state index in [2.05, 4.69) is 23.8 Å². The molecule has 3 heterocycles. The molecule has 0 radical (unpaired) electrons. The Labute approximate surface area is 156 Å². The highest BCUT2D eigenvalue weighted by atomic mass is 16.5. The Balaban J connectivity index is 1.47. The van der Waals surface area contributed by atoms with Crippen molar-refractivity contribution in [2.24, 2.45) is 13.0 Å². The summed E-state index contributed by atoms with van der Waals surface area (Å²) in [5.41, 5.74) is 2.81. The highest BCUT2D eigenvalue weighted by Crippen LogP contribution is 2.32. The van der Waals surface area contributed by atoms with Gasteiger partial charge < -0.3 is 14.5 Å². The molecule has 1 aliphatic carbocycles. The van der Waals surface area contributed by atoms with E-state index in [4.69, 9.17) is 4.74 Å². The number of fused-ring (bicyclic) bond motifs is 1. The summed E-state index contributed by atoms with van der Waals surface area (Å²) in [5, 5.41) is 4.60. The second-order valence-corrected chi connectivity index (χ2v) is 8.37. The van der Waals surface area contributed by atoms with Crippen LogP contribution in [0, 0.1) is 5.92 Å². The molecule has 1 aromatic heterocycles. The number of hydrogen-bond donors (Lipinski definition) is 0. The molecule has 0 unspecified atom stereocenters. The van der Waals surface area contributed by atoms with E-state index in [0.717, 1.165) is 56.2 Å². The molecule has 3 aliphatic rings. The van der Waals surface area contributed by atoms with Crippen LogP contribution in [-0.2, 0) is 18.2 Å². The van der Waals surface area contributed by atoms with Gasteiger partial charge in [-0.15, -0.1) is 0 Å². The summed E-state index contributed by atoms with van der Waals surface area (Å²) < 4.78 is 7.77. The molecular formula is C20H32N4O2. The fraction of sp³-hybridized carbons (Fsp3) is 0.800. The predicted octanol–water partition coefficient (Wildman–Crippen LogP) is 2.39. The fourth-order valence-corrected chi connectivity index (χ4v) is 4.76. The van der Waals surface area contributed by atoms with Crippen LogP contribution < -0.4 is 0 Å². The van der Waals surface area contributed by atoms with Gasteiger partial charge in [-0.25, -0.2) is 0 Å². The first-order valence-corrected chi connectivity index (χ1v) is 10.3. The second kappa shape index (κ2) is 7.31. The molecule has 1 saturated heterocycles. The number of carbonyl (C=O) groups is 1. The standard InChI is InChI=1S/C20H32N4O2/c1-14-12-17-18(21-22(3)19(17)15(2)26-14)20(25)24-9-5-8-23(10-11-24)13-16-6-4-7-16/h14-16H,4-13H2,1-3H3/t14-,15+/m1/s1. The van der Waals surface area contributed by atoms with Crippen LogP contribution in [0.15, 0.2) is 0 Å². The lowest BCUT2D eigenvalue weighted by molar-refractivity contribution is -0.00906. The summed E-state index contributed by atoms with van der Waals surface area (Å²) in [6, 6.07) is 0. The first kappa shape index (κ1) is 18.0. The zero-order chi connectivity index (χ0) is 18.3. The quantitative estimate of drug-likeness (QED) is 0.830. The normalized spacial score (nSPS) is 27.7. The molecule has 26 heavy (non-hydrogen) atoms. The Morgan fingerprint density at radius 1 is 1.15 bits per heavy atom. The van der Waals surface area contributed by atoms with Crippen LogP contribution in [0.1, 0.15) is 67.4 Å². The van der Waals surface area contributed by atoms with Gasteiger partial charge in [0.15, 0.2) is 5.69 Å². The maximum atomic E-state index is 13.2. The van der Waals surface area contributed by atoms with E-state index in [9.17, 15) is 4.79 Å². The Bertz CT molecular complexity index is 667. The summed E-state index contributed by atoms with van der Waals surface area (Å²) in [4.78, 5) is 17.8. The lowest BCUT2D eigenvalue weighted by Gasteiger charge is -2.31. The highest BCUT2D eigenvalue weighted by Gasteiger charge is 2.33. The van der Waals surface area contributed by atoms with Gasteiger partial charge in [-0.3, -0.25) is 9.48 Å². The van der Waals surface area contributed by atoms with Gasteiger partial charge in [0.2, 0.25) is 0 Å². The second-order valence-electron chi connectivity index (χ2n) is 8.37. The van der Waals surface area contributed by atoms with Crippen molar-refractivity contribution < 1.29 is 9.53 Å². The van der Waals surface area contributed by atoms with Crippen molar-refractivity contribution in [3.8, 4) is 0 Å². The van der Waals surface area contributed by atoms with Gasteiger partial charge in [-0.1, -0.05) is 6.42 Å². The SMILES string of the molecule is C[C@@H]1Cc2c(C(=O)N3CCCN(CC4CCC4)CC3)nn(C)c2[C@H](C)O1. The minimum atomic E-state index is -0.00472. The molecule has 1 amide bonds. The summed E-state index contributed by atoms with van der Waals surface area (Å²) in [5.74, 6) is 0.997. The van der Waals surface area contributed by atoms with Gasteiger partial charge in [-0.2, -0.15) is 5.10 Å². The van der Waals surface area contributed by atoms with Crippen molar-refractivity contribution in [2.45, 2.75) is 58.2 Å². The third-order valence-electron chi connectivity index (χ3n) is 6.33. The number of hydrogen-bond acceptors (Lipinski definition) is 4. The van der Waals surface area contributed by atoms with Gasteiger partial charge in [-0.05, 0) is 45.6 Å². The van der Waals surface area contributed by atoms with Crippen molar-refractivity contribution in [3.63, 3.8) is 0 Å². The molecule has 0 aromatic carbocycles. The van der Waals surface area contributed by atoms with Crippen LogP contribution in [0.3, 0.4) is 0 Å². The van der Waals surface area contributed by atoms with E-state index in [1.165, 1.54) is 25.8 Å². The molecule has 1 aromatic rings. The minimum Gasteiger partial charge on any atom is -0.369 e. The Hall–Kier alpha value is -1.40. The molecule has 144 valence electrons. The number of carbonyl (C=O) groups excluding carboxylic acids is 1. The van der Waals surface area contributed by atoms with E-state index in [1.807, 2.05) is 16.6 Å². The van der Waals surface area contributed by atoms with Crippen molar-refractivity contribution in [1.82, 2.24) is 19.6 Å². The monoisotopic (exact) mass is 360 g/mol. The lowest BCUT2D eigenvalue weighted by atomic mass is 9.85. The molecule has 2 atom stereocenters. The highest BCUT2D eigenvalue weighted by molar-refractivity contribution is 5.94. The molecule has 4 rings (SSSR count). The topological polar surface area (TPSA) is 50.6 Å². The van der Waals surface area contributed by atoms with Gasteiger partial charge in [0.1, 0.15) is 0 Å². The zero-order valence-corrected chi connectivity index (χ0v) is 16.4. The van der Waals surface area contributed by atoms with Crippen molar-refractivity contribution in [2.75, 3.05) is 32.7 Å². The van der Waals surface area contributed by atoms with Crippen LogP contribution in [0.2, 0.25) is 0 Å². The maximum Gasteiger partial charge on any atom is 0.274 e. The summed E-state index contributed by atoms with van der Waals surface area (Å²) in [6.45, 7) is 9.11. The molecule has 2 fully saturated rings. The van der Waals surface area contributed by atoms with Gasteiger partial charge in [0.25, 0.3) is 5.91 Å². The molecule has 0 N–H and O–H groups in total. The average molecular weight is 361 g/mol. The maximum absolute atomic E-state index is 13.2. The van der Waals surface area contributed by atoms with E-state index >= 15 is 0 Å². The molecule has 0 spiro atoms. The molecule has 6 nitrogen and oxygen atoms in total. The zero-order valence-electron chi connectivity index (χ0n) is 16.4. The van der Waals surface area contributed by atoms with E-state index in [0.29, 0.717) is 5.69 Å². The molecule has 6 heteroatoms. The van der Waals surface area contributed by atoms with Crippen LogP contribution in [-0.4, -0.2) is 64.3 Å². The average Bonchev–Trinajstić information content (AvgIpc) is 2.75. The van der Waals surface area contributed by atoms with E-state index in [1.54, 1.807) is 0 Å². The number of nitrogens with zero attached hydrogens (tertiary/aromatic N) is 4. The number of aryl methyl sites for hydroxylation is 1. The predicted molar refractivity (Wildman–Crippen MR) is 100 cm³/mol. The minimum absolute atomic E-state index is 0.00472. The summed E-state index contributed by atoms with van der Waals surface area (Å²) in [7, 11) is 1.92. The van der Waals surface area contributed by atoms with Crippen molar-refractivity contribution in [1.29, 1.82) is 0 Å². The first-order valence-electron chi connectivity index (χ1n) is 10.3. The number of ether oxygens (including phenoxy) is 1. The van der Waals surface area contributed by atoms with Crippen molar-refractivity contribution >= 4 is 5.91 Å². The van der Waals surface area contributed by atoms with Gasteiger partial charge in [0.05, 0.1) is 17.9 Å². The number of rotatable bonds is 3. The molecule has 1 saturated carbocycles. The van der Waals surface area contributed by atoms with Gasteiger partial charge >= 0.3 is 0 Å². The van der Waals surface area contributed by atoms with Crippen LogP contribution in [0.5, 0.6) is 0 Å². The summed E-state index contributed by atoms with van der Waals surface area (Å²) in [6.07, 6.45) is 6.13. The van der Waals surface area contributed by atoms with Crippen molar-refractivity contribution in [3.05, 3.63) is 17.0 Å². The molecule has 0 bridgehead atoms.